The van der Waals surface area contributed by atoms with E-state index in [1.165, 1.54) is 18.2 Å². The second-order valence-corrected chi connectivity index (χ2v) is 4.32. The van der Waals surface area contributed by atoms with Crippen molar-refractivity contribution in [3.05, 3.63) is 59.4 Å². The molecule has 0 aliphatic rings. The van der Waals surface area contributed by atoms with E-state index >= 15 is 0 Å². The Hall–Kier alpha value is -2.89. The summed E-state index contributed by atoms with van der Waals surface area (Å²) in [4.78, 5) is 22.8. The van der Waals surface area contributed by atoms with E-state index < -0.39 is 29.0 Å². The maximum absolute atomic E-state index is 13.6. The van der Waals surface area contributed by atoms with Gasteiger partial charge in [0.25, 0.3) is 5.91 Å². The molecule has 108 valence electrons. The first-order valence-electron chi connectivity index (χ1n) is 6.07. The number of carboxylic acids is 1. The number of benzene rings is 2. The van der Waals surface area contributed by atoms with Crippen molar-refractivity contribution >= 4 is 17.6 Å². The minimum atomic E-state index is -1.05. The quantitative estimate of drug-likeness (QED) is 0.806. The average Bonchev–Trinajstić information content (AvgIpc) is 2.40. The molecule has 21 heavy (non-hydrogen) atoms. The summed E-state index contributed by atoms with van der Waals surface area (Å²) in [6.45, 7) is 0. The van der Waals surface area contributed by atoms with Crippen LogP contribution in [0.2, 0.25) is 0 Å². The van der Waals surface area contributed by atoms with Crippen LogP contribution in [0.3, 0.4) is 0 Å². The summed E-state index contributed by atoms with van der Waals surface area (Å²) in [5, 5.41) is 20.8. The third-order valence-corrected chi connectivity index (χ3v) is 2.83. The van der Waals surface area contributed by atoms with Crippen LogP contribution >= 0.6 is 0 Å². The summed E-state index contributed by atoms with van der Waals surface area (Å²) in [5.41, 5.74) is 0.157. The van der Waals surface area contributed by atoms with Gasteiger partial charge in [-0.2, -0.15) is 0 Å². The number of carboxylic acid groups (broad SMARTS) is 1. The molecule has 0 unspecified atom stereocenters. The van der Waals surface area contributed by atoms with Crippen molar-refractivity contribution in [3.8, 4) is 5.75 Å². The van der Waals surface area contributed by atoms with Crippen LogP contribution in [0.25, 0.3) is 0 Å². The van der Waals surface area contributed by atoms with Gasteiger partial charge < -0.3 is 15.5 Å². The lowest BCUT2D eigenvalue weighted by atomic mass is 10.1. The van der Waals surface area contributed by atoms with Crippen LogP contribution in [0, 0.1) is 5.82 Å². The van der Waals surface area contributed by atoms with Gasteiger partial charge in [0, 0.05) is 5.69 Å². The summed E-state index contributed by atoms with van der Waals surface area (Å²) in [5.74, 6) is -3.24. The first-order valence-corrected chi connectivity index (χ1v) is 6.07. The Labute approximate surface area is 119 Å². The van der Waals surface area contributed by atoms with Gasteiger partial charge in [-0.3, -0.25) is 9.59 Å². The zero-order valence-corrected chi connectivity index (χ0v) is 10.8. The van der Waals surface area contributed by atoms with E-state index in [2.05, 4.69) is 5.32 Å². The number of aliphatic carboxylic acids is 1. The van der Waals surface area contributed by atoms with Gasteiger partial charge in [0.15, 0.2) is 0 Å². The van der Waals surface area contributed by atoms with Gasteiger partial charge in [0.1, 0.15) is 17.1 Å². The number of carbonyl (C=O) groups excluding carboxylic acids is 1. The number of phenolic OH excluding ortho intramolecular Hbond substituents is 1. The standard InChI is InChI=1S/C15H12FNO4/c16-10-5-3-7-12(18)14(10)15(21)17-11-6-2-1-4-9(11)8-13(19)20/h1-7,18H,8H2,(H,17,21)(H,19,20). The lowest BCUT2D eigenvalue weighted by molar-refractivity contribution is -0.136. The maximum atomic E-state index is 13.6. The van der Waals surface area contributed by atoms with Crippen LogP contribution in [0.5, 0.6) is 5.75 Å². The molecule has 5 nitrogen and oxygen atoms in total. The molecule has 0 fully saturated rings. The average molecular weight is 289 g/mol. The fraction of sp³-hybridized carbons (Fsp3) is 0.0667. The number of hydrogen-bond acceptors (Lipinski definition) is 3. The van der Waals surface area contributed by atoms with E-state index in [0.29, 0.717) is 5.56 Å². The topological polar surface area (TPSA) is 86.6 Å². The molecule has 0 radical (unpaired) electrons. The Kier molecular flexibility index (Phi) is 4.18. The van der Waals surface area contributed by atoms with Crippen LogP contribution in [0.15, 0.2) is 42.5 Å². The SMILES string of the molecule is O=C(O)Cc1ccccc1NC(=O)c1c(O)cccc1F. The van der Waals surface area contributed by atoms with E-state index in [1.807, 2.05) is 0 Å². The van der Waals surface area contributed by atoms with E-state index in [0.717, 1.165) is 6.07 Å². The second kappa shape index (κ2) is 6.04. The van der Waals surface area contributed by atoms with Gasteiger partial charge in [0.05, 0.1) is 6.42 Å². The zero-order valence-electron chi connectivity index (χ0n) is 10.8. The fourth-order valence-corrected chi connectivity index (χ4v) is 1.88. The fourth-order valence-electron chi connectivity index (χ4n) is 1.88. The number of aromatic hydroxyl groups is 1. The predicted octanol–water partition coefficient (Wildman–Crippen LogP) is 2.41. The van der Waals surface area contributed by atoms with Crippen LogP contribution in [0.1, 0.15) is 15.9 Å². The molecule has 0 saturated carbocycles. The van der Waals surface area contributed by atoms with Crippen molar-refractivity contribution in [2.75, 3.05) is 5.32 Å². The molecule has 0 heterocycles. The van der Waals surface area contributed by atoms with Crippen LogP contribution < -0.4 is 5.32 Å². The second-order valence-electron chi connectivity index (χ2n) is 4.32. The first kappa shape index (κ1) is 14.5. The molecule has 1 amide bonds. The van der Waals surface area contributed by atoms with E-state index in [9.17, 15) is 19.1 Å². The number of carbonyl (C=O) groups is 2. The molecule has 0 aliphatic heterocycles. The molecule has 0 bridgehead atoms. The summed E-state index contributed by atoms with van der Waals surface area (Å²) >= 11 is 0. The summed E-state index contributed by atoms with van der Waals surface area (Å²) in [6.07, 6.45) is -0.278. The number of phenols is 1. The molecule has 2 aromatic rings. The number of para-hydroxylation sites is 1. The van der Waals surface area contributed by atoms with Gasteiger partial charge in [-0.05, 0) is 23.8 Å². The van der Waals surface area contributed by atoms with Crippen LogP contribution in [0.4, 0.5) is 10.1 Å². The van der Waals surface area contributed by atoms with E-state index in [4.69, 9.17) is 5.11 Å². The number of nitrogens with one attached hydrogen (secondary N) is 1. The molecular formula is C15H12FNO4. The maximum Gasteiger partial charge on any atom is 0.307 e. The molecule has 0 atom stereocenters. The number of rotatable bonds is 4. The molecule has 0 saturated heterocycles. The van der Waals surface area contributed by atoms with Gasteiger partial charge in [-0.25, -0.2) is 4.39 Å². The third kappa shape index (κ3) is 3.36. The highest BCUT2D eigenvalue weighted by Crippen LogP contribution is 2.23. The molecule has 2 aromatic carbocycles. The minimum absolute atomic E-state index is 0.257. The highest BCUT2D eigenvalue weighted by atomic mass is 19.1. The largest absolute Gasteiger partial charge is 0.507 e. The number of hydrogen-bond donors (Lipinski definition) is 3. The Morgan fingerprint density at radius 3 is 2.48 bits per heavy atom. The third-order valence-electron chi connectivity index (χ3n) is 2.83. The Balaban J connectivity index is 2.30. The van der Waals surface area contributed by atoms with Crippen molar-refractivity contribution < 1.29 is 24.2 Å². The molecule has 3 N–H and O–H groups in total. The molecule has 2 rings (SSSR count). The van der Waals surface area contributed by atoms with E-state index in [1.54, 1.807) is 18.2 Å². The number of halogens is 1. The first-order chi connectivity index (χ1) is 9.99. The molecule has 0 spiro atoms. The molecular weight excluding hydrogens is 277 g/mol. The van der Waals surface area contributed by atoms with Crippen molar-refractivity contribution in [2.24, 2.45) is 0 Å². The summed E-state index contributed by atoms with van der Waals surface area (Å²) in [6, 6.07) is 9.83. The van der Waals surface area contributed by atoms with Crippen molar-refractivity contribution in [2.45, 2.75) is 6.42 Å². The Morgan fingerprint density at radius 1 is 1.10 bits per heavy atom. The van der Waals surface area contributed by atoms with Gasteiger partial charge >= 0.3 is 5.97 Å². The van der Waals surface area contributed by atoms with Crippen LogP contribution in [-0.2, 0) is 11.2 Å². The molecule has 0 aromatic heterocycles. The monoisotopic (exact) mass is 289 g/mol. The van der Waals surface area contributed by atoms with Gasteiger partial charge in [-0.1, -0.05) is 24.3 Å². The number of anilines is 1. The number of amides is 1. The predicted molar refractivity (Wildman–Crippen MR) is 73.8 cm³/mol. The highest BCUT2D eigenvalue weighted by molar-refractivity contribution is 6.06. The summed E-state index contributed by atoms with van der Waals surface area (Å²) < 4.78 is 13.6. The van der Waals surface area contributed by atoms with Crippen LogP contribution in [-0.4, -0.2) is 22.1 Å². The Bertz CT molecular complexity index is 680. The van der Waals surface area contributed by atoms with Crippen molar-refractivity contribution in [1.82, 2.24) is 0 Å². The van der Waals surface area contributed by atoms with E-state index in [-0.39, 0.29) is 12.1 Å². The van der Waals surface area contributed by atoms with Gasteiger partial charge in [-0.15, -0.1) is 0 Å². The molecule has 0 aliphatic carbocycles. The zero-order chi connectivity index (χ0) is 15.4. The van der Waals surface area contributed by atoms with Crippen molar-refractivity contribution in [1.29, 1.82) is 0 Å². The minimum Gasteiger partial charge on any atom is -0.507 e. The van der Waals surface area contributed by atoms with Crippen molar-refractivity contribution in [3.63, 3.8) is 0 Å². The molecule has 6 heteroatoms. The normalized spacial score (nSPS) is 10.1. The lowest BCUT2D eigenvalue weighted by Crippen LogP contribution is -2.16. The highest BCUT2D eigenvalue weighted by Gasteiger charge is 2.18. The smallest absolute Gasteiger partial charge is 0.307 e. The summed E-state index contributed by atoms with van der Waals surface area (Å²) in [7, 11) is 0. The Morgan fingerprint density at radius 2 is 1.81 bits per heavy atom. The lowest BCUT2D eigenvalue weighted by Gasteiger charge is -2.11. The van der Waals surface area contributed by atoms with Gasteiger partial charge in [0.2, 0.25) is 0 Å².